The van der Waals surface area contributed by atoms with Gasteiger partial charge in [-0.25, -0.2) is 0 Å². The molecule has 4 heteroatoms. The van der Waals surface area contributed by atoms with E-state index in [2.05, 4.69) is 0 Å². The van der Waals surface area contributed by atoms with E-state index in [0.717, 1.165) is 0 Å². The Balaban J connectivity index is 0. The summed E-state index contributed by atoms with van der Waals surface area (Å²) in [6, 6.07) is 0. The molecule has 0 spiro atoms. The lowest BCUT2D eigenvalue weighted by atomic mass is 10.9. The van der Waals surface area contributed by atoms with Crippen LogP contribution in [0.1, 0.15) is 0 Å². The van der Waals surface area contributed by atoms with Crippen molar-refractivity contribution < 1.29 is 20.6 Å². The predicted molar refractivity (Wildman–Crippen MR) is 23.0 cm³/mol. The van der Waals surface area contributed by atoms with Gasteiger partial charge in [-0.15, -0.1) is 0 Å². The minimum atomic E-state index is -1.23. The lowest BCUT2D eigenvalue weighted by molar-refractivity contribution is -0.936. The Kier molecular flexibility index (Phi) is 5.71. The number of nitrogens with one attached hydrogen (secondary N) is 1. The van der Waals surface area contributed by atoms with E-state index in [9.17, 15) is 0 Å². The summed E-state index contributed by atoms with van der Waals surface area (Å²) in [5.41, 5.74) is 0. The molecular weight excluding hydrogens is 98.0 g/mol. The van der Waals surface area contributed by atoms with Gasteiger partial charge in [-0.2, -0.15) is 0 Å². The molecule has 4 nitrogen and oxygen atoms in total. The quantitative estimate of drug-likeness (QED) is 0.319. The summed E-state index contributed by atoms with van der Waals surface area (Å²) in [5.74, 6) is 0. The normalized spacial score (nSPS) is 9.43. The standard InChI is InChI=1S/C3H9NO2.H2O/c1-4(2)3(5)6;/h3,5-6H,1-2H3;1H2. The zero-order valence-corrected chi connectivity index (χ0v) is 4.42. The summed E-state index contributed by atoms with van der Waals surface area (Å²) < 4.78 is 0. The number of quaternary nitrogens is 1. The van der Waals surface area contributed by atoms with Crippen LogP contribution >= 0.6 is 0 Å². The van der Waals surface area contributed by atoms with Crippen molar-refractivity contribution in [3.05, 3.63) is 0 Å². The van der Waals surface area contributed by atoms with Crippen LogP contribution in [0.2, 0.25) is 0 Å². The lowest BCUT2D eigenvalue weighted by Crippen LogP contribution is -3.10. The van der Waals surface area contributed by atoms with Crippen molar-refractivity contribution >= 4 is 0 Å². The second kappa shape index (κ2) is 4.01. The molecule has 0 unspecified atom stereocenters. The SMILES string of the molecule is C[NH+](C)C(O)O.[OH-]. The van der Waals surface area contributed by atoms with Crippen LogP contribution < -0.4 is 4.90 Å². The summed E-state index contributed by atoms with van der Waals surface area (Å²) >= 11 is 0. The zero-order chi connectivity index (χ0) is 5.15. The number of aliphatic hydroxyl groups is 2. The lowest BCUT2D eigenvalue weighted by Gasteiger charge is -2.06. The Hall–Kier alpha value is -0.160. The summed E-state index contributed by atoms with van der Waals surface area (Å²) in [7, 11) is 3.31. The van der Waals surface area contributed by atoms with Crippen molar-refractivity contribution in [2.75, 3.05) is 14.1 Å². The van der Waals surface area contributed by atoms with Gasteiger partial charge in [0.05, 0.1) is 14.1 Å². The van der Waals surface area contributed by atoms with E-state index in [1.54, 1.807) is 14.1 Å². The van der Waals surface area contributed by atoms with E-state index in [1.165, 1.54) is 0 Å². The predicted octanol–water partition coefficient (Wildman–Crippen LogP) is -2.78. The molecule has 0 fully saturated rings. The van der Waals surface area contributed by atoms with Gasteiger partial charge in [-0.05, 0) is 0 Å². The molecule has 0 rings (SSSR count). The Labute approximate surface area is 42.3 Å². The van der Waals surface area contributed by atoms with Crippen molar-refractivity contribution in [3.8, 4) is 0 Å². The zero-order valence-electron chi connectivity index (χ0n) is 4.42. The van der Waals surface area contributed by atoms with E-state index in [-0.39, 0.29) is 5.48 Å². The highest BCUT2D eigenvalue weighted by molar-refractivity contribution is 3.87. The molecule has 0 aromatic rings. The van der Waals surface area contributed by atoms with Crippen LogP contribution in [0, 0.1) is 0 Å². The second-order valence-corrected chi connectivity index (χ2v) is 1.45. The molecule has 0 bridgehead atoms. The Morgan fingerprint density at radius 1 is 1.29 bits per heavy atom. The molecule has 0 aliphatic carbocycles. The maximum atomic E-state index is 8.15. The van der Waals surface area contributed by atoms with Gasteiger partial charge in [0.25, 0.3) is 0 Å². The summed E-state index contributed by atoms with van der Waals surface area (Å²) in [4.78, 5) is 0.620. The Morgan fingerprint density at radius 2 is 1.43 bits per heavy atom. The average molecular weight is 109 g/mol. The molecule has 0 radical (unpaired) electrons. The van der Waals surface area contributed by atoms with Crippen LogP contribution in [0.15, 0.2) is 0 Å². The fraction of sp³-hybridized carbons (Fsp3) is 1.00. The van der Waals surface area contributed by atoms with E-state index >= 15 is 0 Å². The first-order valence-corrected chi connectivity index (χ1v) is 1.81. The molecule has 0 aliphatic rings. The minimum absolute atomic E-state index is 0. The van der Waals surface area contributed by atoms with Crippen LogP contribution in [0.3, 0.4) is 0 Å². The minimum Gasteiger partial charge on any atom is -0.870 e. The average Bonchev–Trinajstić information content (AvgIpc) is 1.36. The van der Waals surface area contributed by atoms with Crippen molar-refractivity contribution in [1.29, 1.82) is 0 Å². The van der Waals surface area contributed by atoms with Gasteiger partial charge in [-0.1, -0.05) is 0 Å². The molecule has 0 saturated carbocycles. The first-order chi connectivity index (χ1) is 2.64. The highest BCUT2D eigenvalue weighted by Crippen LogP contribution is 1.43. The van der Waals surface area contributed by atoms with Crippen molar-refractivity contribution in [3.63, 3.8) is 0 Å². The highest BCUT2D eigenvalue weighted by atomic mass is 16.5. The van der Waals surface area contributed by atoms with Crippen LogP contribution in [-0.2, 0) is 0 Å². The van der Waals surface area contributed by atoms with Gasteiger partial charge in [0.2, 0.25) is 0 Å². The van der Waals surface area contributed by atoms with Crippen LogP contribution in [0.5, 0.6) is 0 Å². The van der Waals surface area contributed by atoms with Crippen LogP contribution in [0.25, 0.3) is 0 Å². The van der Waals surface area contributed by atoms with E-state index < -0.39 is 6.41 Å². The fourth-order valence-electron chi connectivity index (χ4n) is 0. The molecule has 0 saturated heterocycles. The third kappa shape index (κ3) is 5.84. The van der Waals surface area contributed by atoms with Crippen molar-refractivity contribution in [2.45, 2.75) is 6.41 Å². The molecule has 0 atom stereocenters. The molecule has 0 aromatic carbocycles. The van der Waals surface area contributed by atoms with Gasteiger partial charge in [0.15, 0.2) is 0 Å². The molecule has 46 valence electrons. The fourth-order valence-corrected chi connectivity index (χ4v) is 0. The maximum absolute atomic E-state index is 8.15. The largest absolute Gasteiger partial charge is 0.870 e. The van der Waals surface area contributed by atoms with Gasteiger partial charge in [0.1, 0.15) is 0 Å². The summed E-state index contributed by atoms with van der Waals surface area (Å²) in [6.07, 6.45) is -1.23. The van der Waals surface area contributed by atoms with Crippen molar-refractivity contribution in [1.82, 2.24) is 0 Å². The second-order valence-electron chi connectivity index (χ2n) is 1.45. The van der Waals surface area contributed by atoms with Crippen LogP contribution in [-0.4, -0.2) is 36.2 Å². The Morgan fingerprint density at radius 3 is 1.43 bits per heavy atom. The molecule has 0 heterocycles. The smallest absolute Gasteiger partial charge is 0.301 e. The molecule has 0 amide bonds. The number of rotatable bonds is 1. The van der Waals surface area contributed by atoms with Gasteiger partial charge >= 0.3 is 6.41 Å². The Bertz CT molecular complexity index is 31.2. The van der Waals surface area contributed by atoms with Crippen molar-refractivity contribution in [2.24, 2.45) is 0 Å². The van der Waals surface area contributed by atoms with Crippen LogP contribution in [0.4, 0.5) is 0 Å². The monoisotopic (exact) mass is 109 g/mol. The number of aliphatic hydroxyl groups excluding tert-OH is 1. The molecule has 0 aliphatic heterocycles. The summed E-state index contributed by atoms with van der Waals surface area (Å²) in [5, 5.41) is 16.3. The third-order valence-electron chi connectivity index (χ3n) is 0.516. The highest BCUT2D eigenvalue weighted by Gasteiger charge is 1.99. The number of hydrogen-bond acceptors (Lipinski definition) is 3. The molecule has 7 heavy (non-hydrogen) atoms. The van der Waals surface area contributed by atoms with Gasteiger partial charge in [0, 0.05) is 0 Å². The first-order valence-electron chi connectivity index (χ1n) is 1.81. The van der Waals surface area contributed by atoms with E-state index in [0.29, 0.717) is 4.90 Å². The molecule has 4 N–H and O–H groups in total. The van der Waals surface area contributed by atoms with Gasteiger partial charge < -0.3 is 15.7 Å². The molecule has 0 aromatic heterocycles. The number of hydrogen-bond donors (Lipinski definition) is 3. The topological polar surface area (TPSA) is 74.9 Å². The first kappa shape index (κ1) is 9.96. The van der Waals surface area contributed by atoms with Gasteiger partial charge in [-0.3, -0.25) is 4.90 Å². The third-order valence-corrected chi connectivity index (χ3v) is 0.516. The summed E-state index contributed by atoms with van der Waals surface area (Å²) in [6.45, 7) is 0. The van der Waals surface area contributed by atoms with E-state index in [1.807, 2.05) is 0 Å². The van der Waals surface area contributed by atoms with E-state index in [4.69, 9.17) is 10.2 Å². The molecular formula is C3H11NO3. The maximum Gasteiger partial charge on any atom is 0.301 e.